The molecule has 0 amide bonds. The Balaban J connectivity index is 0.935. The first-order valence-electron chi connectivity index (χ1n) is 14.6. The number of carbonyl (C=O) groups excluding carboxylic acids is 3. The maximum absolute atomic E-state index is 13.1. The summed E-state index contributed by atoms with van der Waals surface area (Å²) in [6.07, 6.45) is 10.3. The average Bonchev–Trinajstić information content (AvgIpc) is 2.81. The van der Waals surface area contributed by atoms with Gasteiger partial charge in [-0.3, -0.25) is 14.4 Å². The van der Waals surface area contributed by atoms with Crippen LogP contribution in [0.15, 0.2) is 0 Å². The third kappa shape index (κ3) is 4.31. The Bertz CT molecular complexity index is 928. The molecular weight excluding hydrogens is 472 g/mol. The highest BCUT2D eigenvalue weighted by Gasteiger charge is 2.63. The number of ether oxygens (including phenoxy) is 3. The molecule has 0 aliphatic heterocycles. The van der Waals surface area contributed by atoms with Gasteiger partial charge in [0.05, 0.1) is 25.2 Å². The summed E-state index contributed by atoms with van der Waals surface area (Å²) in [5.41, 5.74) is -1.35. The molecule has 0 aromatic rings. The van der Waals surface area contributed by atoms with Gasteiger partial charge in [0.2, 0.25) is 0 Å². The van der Waals surface area contributed by atoms with Gasteiger partial charge < -0.3 is 19.3 Å². The van der Waals surface area contributed by atoms with Gasteiger partial charge in [-0.25, -0.2) is 0 Å². The molecule has 8 aliphatic rings. The number of esters is 1. The Kier molecular flexibility index (Phi) is 6.40. The lowest BCUT2D eigenvalue weighted by Crippen LogP contribution is -2.58. The summed E-state index contributed by atoms with van der Waals surface area (Å²) in [5.74, 6) is 2.36. The second-order valence-corrected chi connectivity index (χ2v) is 14.2. The Morgan fingerprint density at radius 3 is 1.76 bits per heavy atom. The largest absolute Gasteiger partial charge is 0.463 e. The van der Waals surface area contributed by atoms with Crippen molar-refractivity contribution < 1.29 is 33.7 Å². The van der Waals surface area contributed by atoms with E-state index >= 15 is 0 Å². The van der Waals surface area contributed by atoms with E-state index in [-0.39, 0.29) is 53.6 Å². The summed E-state index contributed by atoms with van der Waals surface area (Å²) in [6, 6.07) is 0. The van der Waals surface area contributed by atoms with Gasteiger partial charge in [-0.15, -0.1) is 0 Å². The zero-order valence-electron chi connectivity index (χ0n) is 22.6. The first kappa shape index (κ1) is 25.9. The van der Waals surface area contributed by atoms with Crippen molar-refractivity contribution in [1.82, 2.24) is 0 Å². The second kappa shape index (κ2) is 9.12. The lowest BCUT2D eigenvalue weighted by molar-refractivity contribution is -0.244. The zero-order valence-corrected chi connectivity index (χ0v) is 22.6. The second-order valence-electron chi connectivity index (χ2n) is 14.2. The summed E-state index contributed by atoms with van der Waals surface area (Å²) in [6.45, 7) is 4.49. The van der Waals surface area contributed by atoms with Crippen molar-refractivity contribution in [2.24, 2.45) is 45.3 Å². The van der Waals surface area contributed by atoms with E-state index in [0.717, 1.165) is 64.2 Å². The van der Waals surface area contributed by atoms with Gasteiger partial charge in [-0.05, 0) is 115 Å². The molecule has 7 heteroatoms. The van der Waals surface area contributed by atoms with Crippen LogP contribution in [0.2, 0.25) is 0 Å². The maximum Gasteiger partial charge on any atom is 0.312 e. The normalized spacial score (nSPS) is 45.7. The van der Waals surface area contributed by atoms with Crippen LogP contribution in [0.3, 0.4) is 0 Å². The number of aliphatic hydroxyl groups excluding tert-OH is 1. The van der Waals surface area contributed by atoms with Crippen molar-refractivity contribution in [3.8, 4) is 0 Å². The topological polar surface area (TPSA) is 99.1 Å². The number of aliphatic hydroxyl groups is 1. The fourth-order valence-corrected chi connectivity index (χ4v) is 10.8. The molecule has 0 spiro atoms. The zero-order chi connectivity index (χ0) is 26.1. The van der Waals surface area contributed by atoms with Crippen LogP contribution in [0, 0.1) is 45.3 Å². The molecule has 0 aromatic carbocycles. The van der Waals surface area contributed by atoms with Crippen LogP contribution in [-0.4, -0.2) is 55.4 Å². The monoisotopic (exact) mass is 516 g/mol. The molecule has 0 radical (unpaired) electrons. The van der Waals surface area contributed by atoms with Gasteiger partial charge >= 0.3 is 5.97 Å². The number of hydrogen-bond donors (Lipinski definition) is 1. The van der Waals surface area contributed by atoms with Gasteiger partial charge in [0.25, 0.3) is 0 Å². The van der Waals surface area contributed by atoms with Crippen molar-refractivity contribution >= 4 is 17.5 Å². The van der Waals surface area contributed by atoms with Gasteiger partial charge in [0, 0.05) is 16.2 Å². The average molecular weight is 517 g/mol. The maximum atomic E-state index is 13.1. The van der Waals surface area contributed by atoms with E-state index in [1.807, 2.05) is 0 Å². The standard InChI is InChI=1S/C30H44O7/c1-19(31)27-9-21-7-22(10-27)14-29(13-21,17-27)25(33)36-5-3-35-4-6-37-26(34)30-15-23-8-24(16-30)12-28(11-23,18-30)20(2)32/h21-25,33H,3-18H2,1-2H3. The van der Waals surface area contributed by atoms with Crippen LogP contribution >= 0.6 is 0 Å². The van der Waals surface area contributed by atoms with E-state index in [4.69, 9.17) is 14.2 Å². The van der Waals surface area contributed by atoms with Gasteiger partial charge in [0.15, 0.2) is 6.29 Å². The van der Waals surface area contributed by atoms with Crippen LogP contribution in [0.1, 0.15) is 90.9 Å². The smallest absolute Gasteiger partial charge is 0.312 e. The van der Waals surface area contributed by atoms with Crippen molar-refractivity contribution in [2.75, 3.05) is 26.4 Å². The molecule has 8 aliphatic carbocycles. The van der Waals surface area contributed by atoms with Crippen molar-refractivity contribution in [3.05, 3.63) is 0 Å². The summed E-state index contributed by atoms with van der Waals surface area (Å²) >= 11 is 0. The molecule has 1 N–H and O–H groups in total. The molecular formula is C30H44O7. The van der Waals surface area contributed by atoms with Crippen molar-refractivity contribution in [3.63, 3.8) is 0 Å². The van der Waals surface area contributed by atoms with Crippen molar-refractivity contribution in [1.29, 1.82) is 0 Å². The van der Waals surface area contributed by atoms with Crippen molar-refractivity contribution in [2.45, 2.75) is 97.2 Å². The van der Waals surface area contributed by atoms with Crippen LogP contribution in [0.25, 0.3) is 0 Å². The molecule has 7 nitrogen and oxygen atoms in total. The Morgan fingerprint density at radius 2 is 1.19 bits per heavy atom. The van der Waals surface area contributed by atoms with Gasteiger partial charge in [-0.1, -0.05) is 0 Å². The van der Waals surface area contributed by atoms with E-state index in [1.165, 1.54) is 6.42 Å². The first-order chi connectivity index (χ1) is 17.6. The number of Topliss-reactive ketones (excluding diaryl/α,β-unsaturated/α-hetero) is 2. The minimum Gasteiger partial charge on any atom is -0.463 e. The first-order valence-corrected chi connectivity index (χ1v) is 14.6. The quantitative estimate of drug-likeness (QED) is 0.249. The molecule has 37 heavy (non-hydrogen) atoms. The highest BCUT2D eigenvalue weighted by Crippen LogP contribution is 2.67. The molecule has 5 atom stereocenters. The van der Waals surface area contributed by atoms with Gasteiger partial charge in [-0.2, -0.15) is 0 Å². The highest BCUT2D eigenvalue weighted by atomic mass is 16.6. The molecule has 8 bridgehead atoms. The minimum atomic E-state index is -0.872. The molecule has 8 rings (SSSR count). The number of hydrogen-bond acceptors (Lipinski definition) is 7. The number of carbonyl (C=O) groups is 3. The third-order valence-electron chi connectivity index (χ3n) is 11.6. The molecule has 206 valence electrons. The van der Waals surface area contributed by atoms with E-state index < -0.39 is 11.7 Å². The summed E-state index contributed by atoms with van der Waals surface area (Å²) in [5, 5.41) is 11.0. The summed E-state index contributed by atoms with van der Waals surface area (Å²) in [4.78, 5) is 38.1. The highest BCUT2D eigenvalue weighted by molar-refractivity contribution is 5.86. The molecule has 8 fully saturated rings. The van der Waals surface area contributed by atoms with Crippen LogP contribution < -0.4 is 0 Å². The lowest BCUT2D eigenvalue weighted by atomic mass is 9.43. The lowest BCUT2D eigenvalue weighted by Gasteiger charge is -2.62. The van der Waals surface area contributed by atoms with Crippen LogP contribution in [0.4, 0.5) is 0 Å². The molecule has 0 aromatic heterocycles. The third-order valence-corrected chi connectivity index (χ3v) is 11.6. The molecule has 0 heterocycles. The summed E-state index contributed by atoms with van der Waals surface area (Å²) in [7, 11) is 0. The molecule has 5 unspecified atom stereocenters. The predicted molar refractivity (Wildman–Crippen MR) is 134 cm³/mol. The van der Waals surface area contributed by atoms with E-state index in [9.17, 15) is 19.5 Å². The van der Waals surface area contributed by atoms with Crippen LogP contribution in [-0.2, 0) is 28.6 Å². The van der Waals surface area contributed by atoms with Gasteiger partial charge in [0.1, 0.15) is 18.2 Å². The Hall–Kier alpha value is -1.31. The molecule has 8 saturated carbocycles. The fraction of sp³-hybridized carbons (Fsp3) is 0.900. The number of ketones is 2. The number of rotatable bonds is 11. The fourth-order valence-electron chi connectivity index (χ4n) is 10.8. The predicted octanol–water partition coefficient (Wildman–Crippen LogP) is 4.23. The SMILES string of the molecule is CC(=O)C12CC3CC(C1)CC(C(=O)OCCOCCOC(O)C14CC5CC(CC(C(C)=O)(C5)C1)C4)(C3)C2. The summed E-state index contributed by atoms with van der Waals surface area (Å²) < 4.78 is 17.2. The molecule has 0 saturated heterocycles. The van der Waals surface area contributed by atoms with Crippen LogP contribution in [0.5, 0.6) is 0 Å². The Labute approximate surface area is 220 Å². The Morgan fingerprint density at radius 1 is 0.703 bits per heavy atom. The minimum absolute atomic E-state index is 0.149. The van der Waals surface area contributed by atoms with E-state index in [1.54, 1.807) is 13.8 Å². The van der Waals surface area contributed by atoms with E-state index in [0.29, 0.717) is 36.7 Å². The van der Waals surface area contributed by atoms with E-state index in [2.05, 4.69) is 0 Å².